The maximum atomic E-state index is 12.6. The van der Waals surface area contributed by atoms with Gasteiger partial charge in [0, 0.05) is 16.3 Å². The lowest BCUT2D eigenvalue weighted by Crippen LogP contribution is -2.14. The molecule has 1 amide bonds. The summed E-state index contributed by atoms with van der Waals surface area (Å²) in [6.07, 6.45) is 1.26. The van der Waals surface area contributed by atoms with Crippen LogP contribution in [-0.2, 0) is 0 Å². The Morgan fingerprint density at radius 3 is 2.78 bits per heavy atom. The second-order valence-corrected chi connectivity index (χ2v) is 5.75. The second kappa shape index (κ2) is 6.26. The van der Waals surface area contributed by atoms with E-state index in [1.165, 1.54) is 6.39 Å². The van der Waals surface area contributed by atoms with Crippen molar-refractivity contribution >= 4 is 23.2 Å². The molecule has 0 saturated heterocycles. The number of nitrogens with one attached hydrogen (secondary N) is 1. The minimum Gasteiger partial charge on any atom is -0.443 e. The van der Waals surface area contributed by atoms with Crippen LogP contribution in [0.4, 0.5) is 5.69 Å². The van der Waals surface area contributed by atoms with Crippen LogP contribution in [0.25, 0.3) is 11.3 Å². The number of halogens is 1. The fraction of sp³-hybridized carbons (Fsp3) is 0.111. The number of carbonyl (C=O) groups is 1. The molecule has 0 aliphatic carbocycles. The van der Waals surface area contributed by atoms with Crippen LogP contribution in [0.5, 0.6) is 0 Å². The summed E-state index contributed by atoms with van der Waals surface area (Å²) in [4.78, 5) is 16.6. The maximum Gasteiger partial charge on any atom is 0.278 e. The monoisotopic (exact) mass is 326 g/mol. The Morgan fingerprint density at radius 1 is 1.17 bits per heavy atom. The van der Waals surface area contributed by atoms with E-state index in [1.807, 2.05) is 38.1 Å². The van der Waals surface area contributed by atoms with Crippen molar-refractivity contribution in [2.24, 2.45) is 0 Å². The van der Waals surface area contributed by atoms with Crippen molar-refractivity contribution in [1.29, 1.82) is 0 Å². The van der Waals surface area contributed by atoms with Crippen LogP contribution in [-0.4, -0.2) is 10.9 Å². The lowest BCUT2D eigenvalue weighted by atomic mass is 10.1. The average Bonchev–Trinajstić information content (AvgIpc) is 3.00. The van der Waals surface area contributed by atoms with Crippen LogP contribution < -0.4 is 5.32 Å². The van der Waals surface area contributed by atoms with Gasteiger partial charge < -0.3 is 9.73 Å². The van der Waals surface area contributed by atoms with E-state index in [2.05, 4.69) is 10.3 Å². The second-order valence-electron chi connectivity index (χ2n) is 5.31. The summed E-state index contributed by atoms with van der Waals surface area (Å²) in [5.41, 5.74) is 3.75. The molecule has 1 aromatic heterocycles. The molecule has 5 heteroatoms. The molecule has 4 nitrogen and oxygen atoms in total. The molecule has 116 valence electrons. The average molecular weight is 327 g/mol. The molecule has 0 fully saturated rings. The van der Waals surface area contributed by atoms with Gasteiger partial charge in [-0.25, -0.2) is 4.98 Å². The highest BCUT2D eigenvalue weighted by atomic mass is 35.5. The summed E-state index contributed by atoms with van der Waals surface area (Å²) >= 11 is 6.00. The van der Waals surface area contributed by atoms with Crippen LogP contribution in [0, 0.1) is 13.8 Å². The Labute approximate surface area is 139 Å². The number of benzene rings is 2. The van der Waals surface area contributed by atoms with Gasteiger partial charge in [0.15, 0.2) is 17.8 Å². The van der Waals surface area contributed by atoms with E-state index in [-0.39, 0.29) is 11.6 Å². The number of hydrogen-bond acceptors (Lipinski definition) is 3. The number of rotatable bonds is 3. The normalized spacial score (nSPS) is 10.6. The maximum absolute atomic E-state index is 12.6. The van der Waals surface area contributed by atoms with Crippen LogP contribution in [0.15, 0.2) is 53.3 Å². The largest absolute Gasteiger partial charge is 0.443 e. The number of anilines is 1. The quantitative estimate of drug-likeness (QED) is 0.747. The van der Waals surface area contributed by atoms with E-state index in [9.17, 15) is 4.79 Å². The first kappa shape index (κ1) is 15.3. The predicted molar refractivity (Wildman–Crippen MR) is 90.8 cm³/mol. The van der Waals surface area contributed by atoms with Gasteiger partial charge in [-0.05, 0) is 43.2 Å². The molecule has 1 N–H and O–H groups in total. The third kappa shape index (κ3) is 3.27. The molecule has 3 aromatic rings. The van der Waals surface area contributed by atoms with Gasteiger partial charge in [-0.1, -0.05) is 35.9 Å². The SMILES string of the molecule is Cc1ccc(C)c(NC(=O)c2ncoc2-c2cccc(Cl)c2)c1. The molecule has 23 heavy (non-hydrogen) atoms. The summed E-state index contributed by atoms with van der Waals surface area (Å²) in [6, 6.07) is 13.0. The van der Waals surface area contributed by atoms with Gasteiger partial charge >= 0.3 is 0 Å². The zero-order valence-corrected chi connectivity index (χ0v) is 13.5. The standard InChI is InChI=1S/C18H15ClN2O2/c1-11-6-7-12(2)15(8-11)21-18(22)16-17(23-10-20-16)13-4-3-5-14(19)9-13/h3-10H,1-2H3,(H,21,22). The Balaban J connectivity index is 1.92. The highest BCUT2D eigenvalue weighted by Crippen LogP contribution is 2.26. The van der Waals surface area contributed by atoms with Crippen molar-refractivity contribution in [3.63, 3.8) is 0 Å². The zero-order valence-electron chi connectivity index (χ0n) is 12.8. The molecule has 0 aliphatic heterocycles. The number of hydrogen-bond donors (Lipinski definition) is 1. The number of carbonyl (C=O) groups excluding carboxylic acids is 1. The number of oxazole rings is 1. The fourth-order valence-corrected chi connectivity index (χ4v) is 2.48. The van der Waals surface area contributed by atoms with Gasteiger partial charge in [-0.3, -0.25) is 4.79 Å². The Morgan fingerprint density at radius 2 is 2.00 bits per heavy atom. The Hall–Kier alpha value is -2.59. The predicted octanol–water partition coefficient (Wildman–Crippen LogP) is 4.86. The molecule has 0 spiro atoms. The van der Waals surface area contributed by atoms with E-state index in [1.54, 1.807) is 18.2 Å². The van der Waals surface area contributed by atoms with E-state index in [0.717, 1.165) is 16.8 Å². The molecule has 0 bridgehead atoms. The summed E-state index contributed by atoms with van der Waals surface area (Å²) in [5.74, 6) is 0.0812. The molecule has 0 atom stereocenters. The lowest BCUT2D eigenvalue weighted by Gasteiger charge is -2.09. The van der Waals surface area contributed by atoms with Crippen molar-refractivity contribution in [3.05, 3.63) is 70.7 Å². The lowest BCUT2D eigenvalue weighted by molar-refractivity contribution is 0.102. The molecule has 0 saturated carbocycles. The first-order chi connectivity index (χ1) is 11.0. The van der Waals surface area contributed by atoms with E-state index >= 15 is 0 Å². The van der Waals surface area contributed by atoms with E-state index in [4.69, 9.17) is 16.0 Å². The van der Waals surface area contributed by atoms with Crippen LogP contribution >= 0.6 is 11.6 Å². The third-order valence-corrected chi connectivity index (χ3v) is 3.75. The number of nitrogens with zero attached hydrogens (tertiary/aromatic N) is 1. The minimum absolute atomic E-state index is 0.230. The molecule has 2 aromatic carbocycles. The first-order valence-electron chi connectivity index (χ1n) is 7.12. The summed E-state index contributed by atoms with van der Waals surface area (Å²) < 4.78 is 5.39. The van der Waals surface area contributed by atoms with E-state index in [0.29, 0.717) is 16.3 Å². The first-order valence-corrected chi connectivity index (χ1v) is 7.50. The van der Waals surface area contributed by atoms with Crippen molar-refractivity contribution in [2.45, 2.75) is 13.8 Å². The van der Waals surface area contributed by atoms with Gasteiger partial charge in [0.05, 0.1) is 0 Å². The topological polar surface area (TPSA) is 55.1 Å². The van der Waals surface area contributed by atoms with Gasteiger partial charge in [-0.2, -0.15) is 0 Å². The van der Waals surface area contributed by atoms with Gasteiger partial charge in [0.2, 0.25) is 0 Å². The summed E-state index contributed by atoms with van der Waals surface area (Å²) in [6.45, 7) is 3.92. The Kier molecular flexibility index (Phi) is 4.17. The van der Waals surface area contributed by atoms with Crippen LogP contribution in [0.2, 0.25) is 5.02 Å². The van der Waals surface area contributed by atoms with Crippen LogP contribution in [0.1, 0.15) is 21.6 Å². The molecule has 1 heterocycles. The fourth-order valence-electron chi connectivity index (χ4n) is 2.29. The van der Waals surface area contributed by atoms with Crippen molar-refractivity contribution < 1.29 is 9.21 Å². The summed E-state index contributed by atoms with van der Waals surface area (Å²) in [5, 5.41) is 3.45. The zero-order chi connectivity index (χ0) is 16.4. The number of amides is 1. The highest BCUT2D eigenvalue weighted by molar-refractivity contribution is 6.30. The van der Waals surface area contributed by atoms with Crippen LogP contribution in [0.3, 0.4) is 0 Å². The Bertz CT molecular complexity index is 871. The van der Waals surface area contributed by atoms with Crippen molar-refractivity contribution in [3.8, 4) is 11.3 Å². The number of aromatic nitrogens is 1. The van der Waals surface area contributed by atoms with Gasteiger partial charge in [-0.15, -0.1) is 0 Å². The molecular weight excluding hydrogens is 312 g/mol. The molecule has 0 unspecified atom stereocenters. The molecule has 3 rings (SSSR count). The number of aryl methyl sites for hydroxylation is 2. The minimum atomic E-state index is -0.317. The molecular formula is C18H15ClN2O2. The van der Waals surface area contributed by atoms with Gasteiger partial charge in [0.1, 0.15) is 0 Å². The molecule has 0 aliphatic rings. The van der Waals surface area contributed by atoms with E-state index < -0.39 is 0 Å². The third-order valence-electron chi connectivity index (χ3n) is 3.51. The van der Waals surface area contributed by atoms with Crippen molar-refractivity contribution in [2.75, 3.05) is 5.32 Å². The smallest absolute Gasteiger partial charge is 0.278 e. The van der Waals surface area contributed by atoms with Crippen molar-refractivity contribution in [1.82, 2.24) is 4.98 Å². The van der Waals surface area contributed by atoms with Gasteiger partial charge in [0.25, 0.3) is 5.91 Å². The summed E-state index contributed by atoms with van der Waals surface area (Å²) in [7, 11) is 0. The molecule has 0 radical (unpaired) electrons. The highest BCUT2D eigenvalue weighted by Gasteiger charge is 2.19.